The third-order valence-corrected chi connectivity index (χ3v) is 4.83. The van der Waals surface area contributed by atoms with Gasteiger partial charge in [0.05, 0.1) is 50.1 Å². The molecule has 0 spiro atoms. The van der Waals surface area contributed by atoms with Gasteiger partial charge in [-0.05, 0) is 12.8 Å². The SMILES string of the molecule is CCC(CS(=O)(=O)CC(CC)OCCOC)OCCOC. The van der Waals surface area contributed by atoms with Crippen molar-refractivity contribution in [3.8, 4) is 0 Å². The van der Waals surface area contributed by atoms with Crippen LogP contribution in [0.15, 0.2) is 0 Å². The Morgan fingerprint density at radius 1 is 0.762 bits per heavy atom. The van der Waals surface area contributed by atoms with Crippen molar-refractivity contribution >= 4 is 9.84 Å². The van der Waals surface area contributed by atoms with E-state index in [1.165, 1.54) is 0 Å². The largest absolute Gasteiger partial charge is 0.382 e. The van der Waals surface area contributed by atoms with E-state index in [2.05, 4.69) is 0 Å². The molecule has 0 rings (SSSR count). The van der Waals surface area contributed by atoms with E-state index in [0.717, 1.165) is 0 Å². The molecule has 0 aliphatic heterocycles. The lowest BCUT2D eigenvalue weighted by atomic mass is 10.3. The van der Waals surface area contributed by atoms with Crippen LogP contribution in [0, 0.1) is 0 Å². The fourth-order valence-corrected chi connectivity index (χ4v) is 3.73. The first-order valence-corrected chi connectivity index (χ1v) is 9.22. The zero-order valence-electron chi connectivity index (χ0n) is 13.7. The summed E-state index contributed by atoms with van der Waals surface area (Å²) in [7, 11) is -0.0350. The second kappa shape index (κ2) is 12.3. The number of hydrogen-bond acceptors (Lipinski definition) is 6. The molecule has 0 radical (unpaired) electrons. The van der Waals surface area contributed by atoms with Crippen LogP contribution in [0.2, 0.25) is 0 Å². The number of sulfone groups is 1. The maximum Gasteiger partial charge on any atom is 0.155 e. The van der Waals surface area contributed by atoms with E-state index in [-0.39, 0.29) is 23.7 Å². The van der Waals surface area contributed by atoms with Crippen LogP contribution < -0.4 is 0 Å². The molecule has 0 amide bonds. The van der Waals surface area contributed by atoms with Gasteiger partial charge >= 0.3 is 0 Å². The van der Waals surface area contributed by atoms with Crippen LogP contribution >= 0.6 is 0 Å². The number of rotatable bonds is 14. The Hall–Kier alpha value is -0.210. The van der Waals surface area contributed by atoms with Crippen LogP contribution in [0.1, 0.15) is 26.7 Å². The zero-order chi connectivity index (χ0) is 16.1. The zero-order valence-corrected chi connectivity index (χ0v) is 14.5. The van der Waals surface area contributed by atoms with Gasteiger partial charge in [0.2, 0.25) is 0 Å². The number of hydrogen-bond donors (Lipinski definition) is 0. The minimum atomic E-state index is -3.21. The fraction of sp³-hybridized carbons (Fsp3) is 1.00. The molecule has 0 fully saturated rings. The monoisotopic (exact) mass is 326 g/mol. The van der Waals surface area contributed by atoms with Crippen molar-refractivity contribution in [2.45, 2.75) is 38.9 Å². The van der Waals surface area contributed by atoms with Gasteiger partial charge in [0.15, 0.2) is 9.84 Å². The Morgan fingerprint density at radius 3 is 1.43 bits per heavy atom. The van der Waals surface area contributed by atoms with Crippen molar-refractivity contribution in [1.29, 1.82) is 0 Å². The summed E-state index contributed by atoms with van der Waals surface area (Å²) in [6.07, 6.45) is 0.734. The van der Waals surface area contributed by atoms with E-state index in [0.29, 0.717) is 39.3 Å². The van der Waals surface area contributed by atoms with Crippen LogP contribution in [0.4, 0.5) is 0 Å². The third kappa shape index (κ3) is 11.1. The predicted octanol–water partition coefficient (Wildman–Crippen LogP) is 1.28. The molecule has 7 heteroatoms. The van der Waals surface area contributed by atoms with Crippen LogP contribution in [-0.4, -0.2) is 72.8 Å². The van der Waals surface area contributed by atoms with Gasteiger partial charge in [-0.2, -0.15) is 0 Å². The molecule has 0 saturated carbocycles. The molecule has 0 aromatic heterocycles. The van der Waals surface area contributed by atoms with E-state index < -0.39 is 9.84 Å². The summed E-state index contributed by atoms with van der Waals surface area (Å²) in [4.78, 5) is 0. The summed E-state index contributed by atoms with van der Waals surface area (Å²) in [6, 6.07) is 0. The molecule has 21 heavy (non-hydrogen) atoms. The van der Waals surface area contributed by atoms with E-state index in [4.69, 9.17) is 18.9 Å². The Balaban J connectivity index is 4.29. The van der Waals surface area contributed by atoms with Crippen LogP contribution in [0.5, 0.6) is 0 Å². The maximum atomic E-state index is 12.2. The van der Waals surface area contributed by atoms with Gasteiger partial charge in [0.25, 0.3) is 0 Å². The first-order chi connectivity index (χ1) is 9.99. The molecule has 0 bridgehead atoms. The van der Waals surface area contributed by atoms with E-state index in [1.54, 1.807) is 14.2 Å². The van der Waals surface area contributed by atoms with E-state index in [9.17, 15) is 8.42 Å². The maximum absolute atomic E-state index is 12.2. The van der Waals surface area contributed by atoms with Gasteiger partial charge in [0, 0.05) is 14.2 Å². The Kier molecular flexibility index (Phi) is 12.2. The Morgan fingerprint density at radius 2 is 1.14 bits per heavy atom. The molecule has 0 saturated heterocycles. The van der Waals surface area contributed by atoms with Gasteiger partial charge in [-0.3, -0.25) is 0 Å². The van der Waals surface area contributed by atoms with Gasteiger partial charge in [0.1, 0.15) is 0 Å². The summed E-state index contributed by atoms with van der Waals surface area (Å²) in [6.45, 7) is 5.58. The standard InChI is InChI=1S/C14H30O6S/c1-5-13(19-9-7-17-3)11-21(15,16)12-14(6-2)20-10-8-18-4/h13-14H,5-12H2,1-4H3. The molecule has 0 N–H and O–H groups in total. The van der Waals surface area contributed by atoms with Gasteiger partial charge in [-0.1, -0.05) is 13.8 Å². The summed E-state index contributed by atoms with van der Waals surface area (Å²) >= 11 is 0. The van der Waals surface area contributed by atoms with Gasteiger partial charge in [-0.15, -0.1) is 0 Å². The molecule has 0 aromatic rings. The summed E-state index contributed by atoms with van der Waals surface area (Å²) in [5.74, 6) is 0.0503. The molecular weight excluding hydrogens is 296 g/mol. The number of methoxy groups -OCH3 is 2. The minimum Gasteiger partial charge on any atom is -0.382 e. The van der Waals surface area contributed by atoms with E-state index >= 15 is 0 Å². The fourth-order valence-electron chi connectivity index (χ4n) is 1.80. The highest BCUT2D eigenvalue weighted by atomic mass is 32.2. The molecular formula is C14H30O6S. The van der Waals surface area contributed by atoms with Crippen LogP contribution in [-0.2, 0) is 28.8 Å². The quantitative estimate of drug-likeness (QED) is 0.448. The average molecular weight is 326 g/mol. The highest BCUT2D eigenvalue weighted by molar-refractivity contribution is 7.91. The van der Waals surface area contributed by atoms with Crippen molar-refractivity contribution in [1.82, 2.24) is 0 Å². The molecule has 2 unspecified atom stereocenters. The average Bonchev–Trinajstić information content (AvgIpc) is 2.45. The van der Waals surface area contributed by atoms with Crippen molar-refractivity contribution in [3.05, 3.63) is 0 Å². The Bertz CT molecular complexity index is 304. The topological polar surface area (TPSA) is 71.1 Å². The first-order valence-electron chi connectivity index (χ1n) is 7.40. The van der Waals surface area contributed by atoms with E-state index in [1.807, 2.05) is 13.8 Å². The lowest BCUT2D eigenvalue weighted by Gasteiger charge is -2.19. The molecule has 128 valence electrons. The Labute approximate surface area is 129 Å². The summed E-state index contributed by atoms with van der Waals surface area (Å²) < 4.78 is 45.3. The summed E-state index contributed by atoms with van der Waals surface area (Å²) in [5.41, 5.74) is 0. The second-order valence-corrected chi connectivity index (χ2v) is 7.02. The molecule has 2 atom stereocenters. The van der Waals surface area contributed by atoms with Crippen molar-refractivity contribution in [2.24, 2.45) is 0 Å². The molecule has 0 aliphatic rings. The van der Waals surface area contributed by atoms with Crippen molar-refractivity contribution in [3.63, 3.8) is 0 Å². The highest BCUT2D eigenvalue weighted by Gasteiger charge is 2.23. The molecule has 0 heterocycles. The lowest BCUT2D eigenvalue weighted by molar-refractivity contribution is 0.0231. The normalized spacial score (nSPS) is 15.0. The van der Waals surface area contributed by atoms with Crippen LogP contribution in [0.25, 0.3) is 0 Å². The van der Waals surface area contributed by atoms with Gasteiger partial charge < -0.3 is 18.9 Å². The lowest BCUT2D eigenvalue weighted by Crippen LogP contribution is -2.32. The predicted molar refractivity (Wildman–Crippen MR) is 82.5 cm³/mol. The molecule has 6 nitrogen and oxygen atoms in total. The van der Waals surface area contributed by atoms with Gasteiger partial charge in [-0.25, -0.2) is 8.42 Å². The molecule has 0 aliphatic carbocycles. The minimum absolute atomic E-state index is 0.0252. The molecule has 0 aromatic carbocycles. The van der Waals surface area contributed by atoms with Crippen molar-refractivity contribution < 1.29 is 27.4 Å². The first kappa shape index (κ1) is 20.8. The number of ether oxygens (including phenoxy) is 4. The smallest absolute Gasteiger partial charge is 0.155 e. The second-order valence-electron chi connectivity index (χ2n) is 4.86. The van der Waals surface area contributed by atoms with Crippen molar-refractivity contribution in [2.75, 3.05) is 52.2 Å². The highest BCUT2D eigenvalue weighted by Crippen LogP contribution is 2.09. The third-order valence-electron chi connectivity index (χ3n) is 3.07. The van der Waals surface area contributed by atoms with Crippen LogP contribution in [0.3, 0.4) is 0 Å². The summed E-state index contributed by atoms with van der Waals surface area (Å²) in [5, 5.41) is 0.